The Morgan fingerprint density at radius 2 is 2.33 bits per heavy atom. The highest BCUT2D eigenvalue weighted by molar-refractivity contribution is 7.14. The van der Waals surface area contributed by atoms with E-state index in [0.717, 1.165) is 32.5 Å². The Morgan fingerprint density at radius 1 is 1.41 bits per heavy atom. The molecule has 1 unspecified atom stereocenters. The molecule has 4 heterocycles. The molecule has 1 fully saturated rings. The lowest BCUT2D eigenvalue weighted by molar-refractivity contribution is 0.102. The molecule has 1 amide bonds. The van der Waals surface area contributed by atoms with Crippen LogP contribution in [0, 0.1) is 6.92 Å². The van der Waals surface area contributed by atoms with E-state index in [-0.39, 0.29) is 5.91 Å². The molecule has 0 aromatic carbocycles. The first-order valence-corrected chi connectivity index (χ1v) is 10.0. The fourth-order valence-corrected chi connectivity index (χ4v) is 4.57. The normalized spacial score (nSPS) is 17.4. The second-order valence-corrected chi connectivity index (χ2v) is 7.83. The molecule has 0 bridgehead atoms. The fraction of sp³-hybridized carbons (Fsp3) is 0.444. The summed E-state index contributed by atoms with van der Waals surface area (Å²) in [7, 11) is 0. The van der Waals surface area contributed by atoms with Crippen LogP contribution < -0.4 is 5.32 Å². The summed E-state index contributed by atoms with van der Waals surface area (Å²) in [6.07, 6.45) is 7.23. The number of rotatable bonds is 7. The van der Waals surface area contributed by atoms with Gasteiger partial charge in [-0.2, -0.15) is 10.1 Å². The maximum atomic E-state index is 12.4. The summed E-state index contributed by atoms with van der Waals surface area (Å²) in [6.45, 7) is 4.89. The van der Waals surface area contributed by atoms with Crippen molar-refractivity contribution in [1.82, 2.24) is 29.9 Å². The van der Waals surface area contributed by atoms with E-state index in [1.54, 1.807) is 18.3 Å². The number of carbonyl (C=O) groups excluding carboxylic acids is 1. The van der Waals surface area contributed by atoms with Crippen molar-refractivity contribution in [1.29, 1.82) is 0 Å². The minimum Gasteiger partial charge on any atom is -0.295 e. The van der Waals surface area contributed by atoms with Crippen molar-refractivity contribution in [3.8, 4) is 0 Å². The van der Waals surface area contributed by atoms with Crippen LogP contribution in [0.3, 0.4) is 0 Å². The number of hydrogen-bond acceptors (Lipinski definition) is 6. The summed E-state index contributed by atoms with van der Waals surface area (Å²) in [4.78, 5) is 21.0. The number of aromatic nitrogens is 5. The van der Waals surface area contributed by atoms with Crippen molar-refractivity contribution >= 4 is 23.2 Å². The summed E-state index contributed by atoms with van der Waals surface area (Å²) >= 11 is 1.56. The zero-order valence-corrected chi connectivity index (χ0v) is 16.1. The Balaban J connectivity index is 1.35. The van der Waals surface area contributed by atoms with E-state index in [1.165, 1.54) is 11.3 Å². The van der Waals surface area contributed by atoms with Gasteiger partial charge in [-0.3, -0.25) is 24.8 Å². The summed E-state index contributed by atoms with van der Waals surface area (Å²) in [6, 6.07) is 6.34. The molecule has 0 saturated carbocycles. The van der Waals surface area contributed by atoms with Gasteiger partial charge in [0.25, 0.3) is 5.91 Å². The van der Waals surface area contributed by atoms with Gasteiger partial charge in [-0.15, -0.1) is 16.4 Å². The van der Waals surface area contributed by atoms with Crippen molar-refractivity contribution in [2.45, 2.75) is 38.8 Å². The number of nitrogens with one attached hydrogen (secondary N) is 2. The third-order valence-electron chi connectivity index (χ3n) is 4.76. The molecule has 0 aliphatic carbocycles. The molecular weight excluding hydrogens is 362 g/mol. The van der Waals surface area contributed by atoms with Gasteiger partial charge in [-0.05, 0) is 50.9 Å². The van der Waals surface area contributed by atoms with E-state index in [2.05, 4.69) is 36.6 Å². The number of thiophene rings is 1. The highest BCUT2D eigenvalue weighted by Gasteiger charge is 2.27. The molecule has 27 heavy (non-hydrogen) atoms. The quantitative estimate of drug-likeness (QED) is 0.652. The fourth-order valence-electron chi connectivity index (χ4n) is 3.50. The largest absolute Gasteiger partial charge is 0.295 e. The molecular formula is C18H23N7OS. The van der Waals surface area contributed by atoms with Crippen molar-refractivity contribution in [3.63, 3.8) is 0 Å². The first-order valence-electron chi connectivity index (χ1n) is 9.20. The topological polar surface area (TPSA) is 91.7 Å². The van der Waals surface area contributed by atoms with Crippen molar-refractivity contribution in [2.24, 2.45) is 0 Å². The van der Waals surface area contributed by atoms with Crippen LogP contribution in [0.2, 0.25) is 0 Å². The Kier molecular flexibility index (Phi) is 5.30. The van der Waals surface area contributed by atoms with E-state index in [4.69, 9.17) is 0 Å². The maximum Gasteiger partial charge on any atom is 0.268 e. The van der Waals surface area contributed by atoms with Crippen LogP contribution in [-0.2, 0) is 6.54 Å². The van der Waals surface area contributed by atoms with Crippen LogP contribution >= 0.6 is 11.3 Å². The van der Waals surface area contributed by atoms with Crippen LogP contribution in [0.1, 0.15) is 45.7 Å². The van der Waals surface area contributed by atoms with E-state index in [1.807, 2.05) is 29.2 Å². The number of hydrogen-bond donors (Lipinski definition) is 2. The van der Waals surface area contributed by atoms with E-state index < -0.39 is 0 Å². The predicted molar refractivity (Wildman–Crippen MR) is 104 cm³/mol. The second kappa shape index (κ2) is 8.01. The number of H-pyrrole nitrogens is 1. The highest BCUT2D eigenvalue weighted by Crippen LogP contribution is 2.36. The lowest BCUT2D eigenvalue weighted by Crippen LogP contribution is -2.24. The van der Waals surface area contributed by atoms with Gasteiger partial charge in [0.2, 0.25) is 5.95 Å². The summed E-state index contributed by atoms with van der Waals surface area (Å²) < 4.78 is 1.98. The lowest BCUT2D eigenvalue weighted by Gasteiger charge is -2.23. The molecule has 3 aromatic heterocycles. The van der Waals surface area contributed by atoms with Gasteiger partial charge < -0.3 is 0 Å². The lowest BCUT2D eigenvalue weighted by atomic mass is 10.2. The number of anilines is 1. The summed E-state index contributed by atoms with van der Waals surface area (Å²) in [5.41, 5.74) is 0. The molecule has 142 valence electrons. The first kappa shape index (κ1) is 17.9. The number of likely N-dealkylation sites (tertiary alicyclic amines) is 1. The van der Waals surface area contributed by atoms with Crippen LogP contribution in [-0.4, -0.2) is 48.9 Å². The first-order chi connectivity index (χ1) is 13.2. The van der Waals surface area contributed by atoms with Gasteiger partial charge in [0.15, 0.2) is 0 Å². The maximum absolute atomic E-state index is 12.4. The molecule has 1 saturated heterocycles. The van der Waals surface area contributed by atoms with Crippen molar-refractivity contribution < 1.29 is 4.79 Å². The molecule has 0 spiro atoms. The third kappa shape index (κ3) is 4.25. The molecule has 1 atom stereocenters. The zero-order chi connectivity index (χ0) is 18.6. The minimum absolute atomic E-state index is 0.159. The Labute approximate surface area is 161 Å². The Bertz CT molecular complexity index is 885. The average molecular weight is 385 g/mol. The van der Waals surface area contributed by atoms with Gasteiger partial charge in [-0.25, -0.2) is 0 Å². The molecule has 0 radical (unpaired) electrons. The van der Waals surface area contributed by atoms with E-state index in [9.17, 15) is 4.79 Å². The monoisotopic (exact) mass is 385 g/mol. The minimum atomic E-state index is -0.159. The van der Waals surface area contributed by atoms with Gasteiger partial charge in [0, 0.05) is 36.4 Å². The summed E-state index contributed by atoms with van der Waals surface area (Å²) in [5.74, 6) is 0.830. The Hall–Kier alpha value is -2.52. The number of carbonyl (C=O) groups is 1. The molecule has 3 aromatic rings. The summed E-state index contributed by atoms with van der Waals surface area (Å²) in [5, 5.41) is 13.7. The van der Waals surface area contributed by atoms with Gasteiger partial charge in [-0.1, -0.05) is 0 Å². The molecule has 1 aliphatic heterocycles. The van der Waals surface area contributed by atoms with Gasteiger partial charge in [0.1, 0.15) is 5.82 Å². The number of aromatic amines is 1. The van der Waals surface area contributed by atoms with Crippen LogP contribution in [0.15, 0.2) is 30.6 Å². The molecule has 9 heteroatoms. The van der Waals surface area contributed by atoms with Crippen molar-refractivity contribution in [2.75, 3.05) is 18.4 Å². The van der Waals surface area contributed by atoms with E-state index in [0.29, 0.717) is 22.7 Å². The average Bonchev–Trinajstić information content (AvgIpc) is 3.43. The molecule has 4 rings (SSSR count). The smallest absolute Gasteiger partial charge is 0.268 e. The van der Waals surface area contributed by atoms with E-state index >= 15 is 0 Å². The number of aryl methyl sites for hydroxylation is 2. The third-order valence-corrected chi connectivity index (χ3v) is 5.94. The zero-order valence-electron chi connectivity index (χ0n) is 15.3. The Morgan fingerprint density at radius 3 is 3.11 bits per heavy atom. The molecule has 2 N–H and O–H groups in total. The van der Waals surface area contributed by atoms with Crippen molar-refractivity contribution in [3.05, 3.63) is 46.2 Å². The number of nitrogens with zero attached hydrogens (tertiary/aromatic N) is 5. The molecule has 8 nitrogen and oxygen atoms in total. The standard InChI is InChI=1S/C18H23N7OS/c1-13-20-18(23-22-13)21-17(26)16-7-6-15(27-16)14-5-2-9-24(14)10-4-12-25-11-3-8-19-25/h3,6-8,11,14H,2,4-5,9-10,12H2,1H3,(H2,20,21,22,23,26). The second-order valence-electron chi connectivity index (χ2n) is 6.72. The van der Waals surface area contributed by atoms with Crippen LogP contribution in [0.5, 0.6) is 0 Å². The SMILES string of the molecule is Cc1nc(NC(=O)c2ccc(C3CCCN3CCCn3cccn3)s2)n[nH]1. The number of amides is 1. The van der Waals surface area contributed by atoms with Crippen LogP contribution in [0.4, 0.5) is 5.95 Å². The highest BCUT2D eigenvalue weighted by atomic mass is 32.1. The van der Waals surface area contributed by atoms with Gasteiger partial charge >= 0.3 is 0 Å². The predicted octanol–water partition coefficient (Wildman–Crippen LogP) is 2.85. The van der Waals surface area contributed by atoms with Crippen LogP contribution in [0.25, 0.3) is 0 Å². The molecule has 1 aliphatic rings. The van der Waals surface area contributed by atoms with Gasteiger partial charge in [0.05, 0.1) is 4.88 Å².